The molecule has 2 aromatic rings. The minimum absolute atomic E-state index is 0.339. The Morgan fingerprint density at radius 1 is 1.32 bits per heavy atom. The lowest BCUT2D eigenvalue weighted by atomic mass is 10.2. The SMILES string of the molecule is CC(C)(C)OC(=O)Nc1ccccc1-c1nnco1. The van der Waals surface area contributed by atoms with Gasteiger partial charge in [0.05, 0.1) is 11.3 Å². The molecule has 0 saturated carbocycles. The maximum atomic E-state index is 11.7. The molecule has 0 radical (unpaired) electrons. The molecule has 0 aliphatic heterocycles. The summed E-state index contributed by atoms with van der Waals surface area (Å²) in [6.45, 7) is 5.41. The highest BCUT2D eigenvalue weighted by atomic mass is 16.6. The first kappa shape index (κ1) is 13.1. The third kappa shape index (κ3) is 3.54. The summed E-state index contributed by atoms with van der Waals surface area (Å²) >= 11 is 0. The number of benzene rings is 1. The zero-order chi connectivity index (χ0) is 13.9. The molecule has 0 saturated heterocycles. The van der Waals surface area contributed by atoms with E-state index in [2.05, 4.69) is 15.5 Å². The molecule has 0 fully saturated rings. The average Bonchev–Trinajstić information content (AvgIpc) is 2.80. The third-order valence-electron chi connectivity index (χ3n) is 2.15. The van der Waals surface area contributed by atoms with Crippen LogP contribution in [0.4, 0.5) is 10.5 Å². The normalized spacial score (nSPS) is 11.1. The molecule has 0 atom stereocenters. The predicted octanol–water partition coefficient (Wildman–Crippen LogP) is 3.08. The Morgan fingerprint density at radius 2 is 2.05 bits per heavy atom. The van der Waals surface area contributed by atoms with Crippen molar-refractivity contribution in [3.63, 3.8) is 0 Å². The summed E-state index contributed by atoms with van der Waals surface area (Å²) in [5, 5.41) is 10.1. The first-order valence-corrected chi connectivity index (χ1v) is 5.81. The van der Waals surface area contributed by atoms with Crippen LogP contribution in [0.1, 0.15) is 20.8 Å². The summed E-state index contributed by atoms with van der Waals surface area (Å²) in [7, 11) is 0. The van der Waals surface area contributed by atoms with Crippen LogP contribution in [0.15, 0.2) is 35.1 Å². The van der Waals surface area contributed by atoms with Crippen molar-refractivity contribution in [1.29, 1.82) is 0 Å². The molecule has 1 heterocycles. The highest BCUT2D eigenvalue weighted by Gasteiger charge is 2.18. The maximum Gasteiger partial charge on any atom is 0.412 e. The van der Waals surface area contributed by atoms with Crippen molar-refractivity contribution < 1.29 is 13.9 Å². The number of carbonyl (C=O) groups is 1. The fraction of sp³-hybridized carbons (Fsp3) is 0.308. The van der Waals surface area contributed by atoms with E-state index in [1.54, 1.807) is 39.0 Å². The molecule has 2 rings (SSSR count). The second-order valence-electron chi connectivity index (χ2n) is 4.92. The molecule has 0 bridgehead atoms. The largest absolute Gasteiger partial charge is 0.444 e. The Hall–Kier alpha value is -2.37. The first-order valence-electron chi connectivity index (χ1n) is 5.81. The number of hydrogen-bond donors (Lipinski definition) is 1. The van der Waals surface area contributed by atoms with Crippen molar-refractivity contribution in [3.05, 3.63) is 30.7 Å². The van der Waals surface area contributed by atoms with Crippen LogP contribution in [-0.2, 0) is 4.74 Å². The molecule has 19 heavy (non-hydrogen) atoms. The summed E-state index contributed by atoms with van der Waals surface area (Å²) in [5.41, 5.74) is 0.649. The van der Waals surface area contributed by atoms with Crippen molar-refractivity contribution in [3.8, 4) is 11.5 Å². The lowest BCUT2D eigenvalue weighted by molar-refractivity contribution is 0.0636. The fourth-order valence-electron chi connectivity index (χ4n) is 1.48. The summed E-state index contributed by atoms with van der Waals surface area (Å²) < 4.78 is 10.3. The van der Waals surface area contributed by atoms with E-state index in [4.69, 9.17) is 9.15 Å². The van der Waals surface area contributed by atoms with Gasteiger partial charge in [-0.25, -0.2) is 4.79 Å². The molecule has 1 N–H and O–H groups in total. The van der Waals surface area contributed by atoms with Crippen LogP contribution in [0.5, 0.6) is 0 Å². The zero-order valence-electron chi connectivity index (χ0n) is 11.0. The second-order valence-corrected chi connectivity index (χ2v) is 4.92. The summed E-state index contributed by atoms with van der Waals surface area (Å²) in [4.78, 5) is 11.7. The Bertz CT molecular complexity index is 559. The Labute approximate surface area is 110 Å². The van der Waals surface area contributed by atoms with Crippen LogP contribution in [0.25, 0.3) is 11.5 Å². The minimum Gasteiger partial charge on any atom is -0.444 e. The lowest BCUT2D eigenvalue weighted by Crippen LogP contribution is -2.27. The molecule has 1 amide bonds. The Balaban J connectivity index is 2.20. The van der Waals surface area contributed by atoms with E-state index >= 15 is 0 Å². The van der Waals surface area contributed by atoms with Gasteiger partial charge in [-0.3, -0.25) is 5.32 Å². The van der Waals surface area contributed by atoms with Crippen molar-refractivity contribution in [2.45, 2.75) is 26.4 Å². The van der Waals surface area contributed by atoms with Gasteiger partial charge in [-0.2, -0.15) is 0 Å². The number of para-hydroxylation sites is 1. The van der Waals surface area contributed by atoms with Crippen LogP contribution in [0.3, 0.4) is 0 Å². The number of carbonyl (C=O) groups excluding carboxylic acids is 1. The topological polar surface area (TPSA) is 77.2 Å². The van der Waals surface area contributed by atoms with Gasteiger partial charge in [0.15, 0.2) is 0 Å². The van der Waals surface area contributed by atoms with Gasteiger partial charge < -0.3 is 9.15 Å². The number of nitrogens with zero attached hydrogens (tertiary/aromatic N) is 2. The van der Waals surface area contributed by atoms with Crippen LogP contribution >= 0.6 is 0 Å². The molecule has 0 unspecified atom stereocenters. The number of amides is 1. The smallest absolute Gasteiger partial charge is 0.412 e. The van der Waals surface area contributed by atoms with Crippen LogP contribution in [-0.4, -0.2) is 21.9 Å². The minimum atomic E-state index is -0.552. The van der Waals surface area contributed by atoms with Gasteiger partial charge in [-0.15, -0.1) is 10.2 Å². The van der Waals surface area contributed by atoms with Gasteiger partial charge in [-0.1, -0.05) is 12.1 Å². The molecule has 6 nitrogen and oxygen atoms in total. The Morgan fingerprint density at radius 3 is 2.68 bits per heavy atom. The quantitative estimate of drug-likeness (QED) is 0.898. The molecule has 0 spiro atoms. The van der Waals surface area contributed by atoms with E-state index in [1.165, 1.54) is 6.39 Å². The maximum absolute atomic E-state index is 11.7. The van der Waals surface area contributed by atoms with Crippen molar-refractivity contribution in [2.24, 2.45) is 0 Å². The summed E-state index contributed by atoms with van der Waals surface area (Å²) in [6.07, 6.45) is 0.707. The molecule has 0 aliphatic rings. The van der Waals surface area contributed by atoms with Crippen LogP contribution in [0.2, 0.25) is 0 Å². The van der Waals surface area contributed by atoms with Gasteiger partial charge >= 0.3 is 6.09 Å². The first-order chi connectivity index (χ1) is 8.96. The number of hydrogen-bond acceptors (Lipinski definition) is 5. The highest BCUT2D eigenvalue weighted by molar-refractivity contribution is 5.90. The number of anilines is 1. The zero-order valence-corrected chi connectivity index (χ0v) is 11.0. The molecule has 0 aliphatic carbocycles. The molecule has 1 aromatic carbocycles. The monoisotopic (exact) mass is 261 g/mol. The average molecular weight is 261 g/mol. The van der Waals surface area contributed by atoms with E-state index in [0.717, 1.165) is 0 Å². The van der Waals surface area contributed by atoms with Crippen LogP contribution in [0, 0.1) is 0 Å². The van der Waals surface area contributed by atoms with Gasteiger partial charge in [0.2, 0.25) is 12.3 Å². The fourth-order valence-corrected chi connectivity index (χ4v) is 1.48. The molecule has 6 heteroatoms. The standard InChI is InChI=1S/C13H15N3O3/c1-13(2,3)19-12(17)15-10-7-5-4-6-9(10)11-16-14-8-18-11/h4-8H,1-3H3,(H,15,17). The molecular weight excluding hydrogens is 246 g/mol. The van der Waals surface area contributed by atoms with E-state index in [1.807, 2.05) is 6.07 Å². The van der Waals surface area contributed by atoms with Crippen LogP contribution < -0.4 is 5.32 Å². The van der Waals surface area contributed by atoms with E-state index in [-0.39, 0.29) is 0 Å². The van der Waals surface area contributed by atoms with Gasteiger partial charge in [0.1, 0.15) is 5.60 Å². The summed E-state index contributed by atoms with van der Waals surface area (Å²) in [6, 6.07) is 7.13. The van der Waals surface area contributed by atoms with Gasteiger partial charge in [0, 0.05) is 0 Å². The summed E-state index contributed by atoms with van der Waals surface area (Å²) in [5.74, 6) is 0.339. The van der Waals surface area contributed by atoms with Gasteiger partial charge in [0.25, 0.3) is 0 Å². The Kier molecular flexibility index (Phi) is 3.50. The van der Waals surface area contributed by atoms with Crippen molar-refractivity contribution in [1.82, 2.24) is 10.2 Å². The molecule has 100 valence electrons. The van der Waals surface area contributed by atoms with Gasteiger partial charge in [-0.05, 0) is 32.9 Å². The highest BCUT2D eigenvalue weighted by Crippen LogP contribution is 2.26. The lowest BCUT2D eigenvalue weighted by Gasteiger charge is -2.20. The van der Waals surface area contributed by atoms with Crippen molar-refractivity contribution in [2.75, 3.05) is 5.32 Å². The number of nitrogens with one attached hydrogen (secondary N) is 1. The van der Waals surface area contributed by atoms with E-state index in [9.17, 15) is 4.79 Å². The number of aromatic nitrogens is 2. The van der Waals surface area contributed by atoms with Crippen molar-refractivity contribution >= 4 is 11.8 Å². The number of ether oxygens (including phenoxy) is 1. The third-order valence-corrected chi connectivity index (χ3v) is 2.15. The predicted molar refractivity (Wildman–Crippen MR) is 69.6 cm³/mol. The molecule has 1 aromatic heterocycles. The van der Waals surface area contributed by atoms with E-state index < -0.39 is 11.7 Å². The van der Waals surface area contributed by atoms with E-state index in [0.29, 0.717) is 17.1 Å². The second kappa shape index (κ2) is 5.09. The molecular formula is C13H15N3O3. The number of rotatable bonds is 2.